The lowest BCUT2D eigenvalue weighted by Crippen LogP contribution is -2.47. The molecule has 0 aromatic rings. The summed E-state index contributed by atoms with van der Waals surface area (Å²) in [5.41, 5.74) is 0.626. The van der Waals surface area contributed by atoms with Crippen LogP contribution < -0.4 is 5.32 Å². The van der Waals surface area contributed by atoms with Crippen molar-refractivity contribution in [2.45, 2.75) is 19.3 Å². The molecule has 0 aromatic carbocycles. The Morgan fingerprint density at radius 1 is 1.31 bits per heavy atom. The highest BCUT2D eigenvalue weighted by molar-refractivity contribution is 6.65. The molecule has 0 saturated carbocycles. The highest BCUT2D eigenvalue weighted by Crippen LogP contribution is 2.26. The number of hydrogen-bond donors (Lipinski definition) is 1. The van der Waals surface area contributed by atoms with Crippen LogP contribution in [0.15, 0.2) is 11.8 Å². The van der Waals surface area contributed by atoms with E-state index >= 15 is 0 Å². The standard InChI is InChI=1S/C9H9NO3/c11-7-5-3-1-2-4-6(5)10-9(13)8(7)12/h4-5H,1-3H2,(H,10,13). The quantitative estimate of drug-likeness (QED) is 0.530. The number of carbonyl (C=O) groups excluding carboxylic acids is 3. The molecule has 0 aromatic heterocycles. The molecular formula is C9H9NO3. The van der Waals surface area contributed by atoms with Gasteiger partial charge in [-0.15, -0.1) is 0 Å². The van der Waals surface area contributed by atoms with Gasteiger partial charge in [-0.2, -0.15) is 0 Å². The molecule has 13 heavy (non-hydrogen) atoms. The van der Waals surface area contributed by atoms with Crippen LogP contribution in [0, 0.1) is 5.92 Å². The normalized spacial score (nSPS) is 27.8. The van der Waals surface area contributed by atoms with Crippen LogP contribution in [-0.4, -0.2) is 17.5 Å². The molecule has 1 unspecified atom stereocenters. The predicted molar refractivity (Wildman–Crippen MR) is 43.6 cm³/mol. The summed E-state index contributed by atoms with van der Waals surface area (Å²) in [6, 6.07) is 0. The molecule has 2 rings (SSSR count). The van der Waals surface area contributed by atoms with Crippen LogP contribution in [0.25, 0.3) is 0 Å². The Bertz CT molecular complexity index is 330. The van der Waals surface area contributed by atoms with E-state index in [9.17, 15) is 14.4 Å². The summed E-state index contributed by atoms with van der Waals surface area (Å²) in [6.07, 6.45) is 4.28. The monoisotopic (exact) mass is 179 g/mol. The Morgan fingerprint density at radius 3 is 2.85 bits per heavy atom. The number of nitrogens with one attached hydrogen (secondary N) is 1. The number of rotatable bonds is 0. The van der Waals surface area contributed by atoms with E-state index in [4.69, 9.17) is 0 Å². The van der Waals surface area contributed by atoms with Gasteiger partial charge in [0.05, 0.1) is 5.92 Å². The summed E-state index contributed by atoms with van der Waals surface area (Å²) < 4.78 is 0. The maximum absolute atomic E-state index is 11.3. The van der Waals surface area contributed by atoms with Crippen molar-refractivity contribution in [3.05, 3.63) is 11.8 Å². The van der Waals surface area contributed by atoms with E-state index in [0.717, 1.165) is 12.8 Å². The number of piperidine rings is 1. The lowest BCUT2D eigenvalue weighted by atomic mass is 9.84. The molecule has 1 amide bonds. The molecule has 0 bridgehead atoms. The summed E-state index contributed by atoms with van der Waals surface area (Å²) in [5, 5.41) is 2.45. The Labute approximate surface area is 75.0 Å². The van der Waals surface area contributed by atoms with Gasteiger partial charge in [0.15, 0.2) is 0 Å². The molecule has 1 atom stereocenters. The van der Waals surface area contributed by atoms with E-state index in [1.54, 1.807) is 0 Å². The smallest absolute Gasteiger partial charge is 0.299 e. The average molecular weight is 179 g/mol. The van der Waals surface area contributed by atoms with Crippen molar-refractivity contribution in [3.63, 3.8) is 0 Å². The van der Waals surface area contributed by atoms with E-state index in [2.05, 4.69) is 5.32 Å². The second kappa shape index (κ2) is 2.80. The Morgan fingerprint density at radius 2 is 2.08 bits per heavy atom. The number of carbonyl (C=O) groups is 3. The first-order valence-corrected chi connectivity index (χ1v) is 4.29. The molecule has 68 valence electrons. The SMILES string of the molecule is O=C1NC2=CCCCC2C(=O)C1=O. The van der Waals surface area contributed by atoms with Crippen molar-refractivity contribution in [2.75, 3.05) is 0 Å². The lowest BCUT2D eigenvalue weighted by molar-refractivity contribution is -0.147. The van der Waals surface area contributed by atoms with Gasteiger partial charge >= 0.3 is 0 Å². The zero-order valence-corrected chi connectivity index (χ0v) is 7.00. The summed E-state index contributed by atoms with van der Waals surface area (Å²) in [5.74, 6) is -2.60. The molecule has 4 nitrogen and oxygen atoms in total. The van der Waals surface area contributed by atoms with Crippen molar-refractivity contribution >= 4 is 17.5 Å². The van der Waals surface area contributed by atoms with Gasteiger partial charge in [0.1, 0.15) is 0 Å². The molecule has 2 aliphatic rings. The predicted octanol–water partition coefficient (Wildman–Crippen LogP) is -0.0616. The minimum atomic E-state index is -0.899. The maximum Gasteiger partial charge on any atom is 0.299 e. The van der Waals surface area contributed by atoms with E-state index in [1.807, 2.05) is 6.08 Å². The Hall–Kier alpha value is -1.45. The highest BCUT2D eigenvalue weighted by Gasteiger charge is 2.39. The van der Waals surface area contributed by atoms with Crippen molar-refractivity contribution < 1.29 is 14.4 Å². The van der Waals surface area contributed by atoms with E-state index in [-0.39, 0.29) is 5.92 Å². The summed E-state index contributed by atoms with van der Waals surface area (Å²) in [6.45, 7) is 0. The highest BCUT2D eigenvalue weighted by atomic mass is 16.2. The first kappa shape index (κ1) is 8.16. The zero-order valence-electron chi connectivity index (χ0n) is 7.00. The minimum absolute atomic E-state index is 0.376. The molecule has 1 heterocycles. The number of amides is 1. The largest absolute Gasteiger partial charge is 0.322 e. The van der Waals surface area contributed by atoms with Gasteiger partial charge in [-0.1, -0.05) is 6.08 Å². The maximum atomic E-state index is 11.3. The van der Waals surface area contributed by atoms with Crippen LogP contribution in [0.5, 0.6) is 0 Å². The van der Waals surface area contributed by atoms with Crippen LogP contribution in [0.2, 0.25) is 0 Å². The van der Waals surface area contributed by atoms with Gasteiger partial charge in [-0.05, 0) is 19.3 Å². The van der Waals surface area contributed by atoms with Crippen LogP contribution in [-0.2, 0) is 14.4 Å². The number of hydrogen-bond acceptors (Lipinski definition) is 3. The molecule has 1 saturated heterocycles. The van der Waals surface area contributed by atoms with Crippen molar-refractivity contribution in [1.82, 2.24) is 5.32 Å². The van der Waals surface area contributed by atoms with Gasteiger partial charge < -0.3 is 5.32 Å². The molecule has 1 aliphatic carbocycles. The molecule has 4 heteroatoms. The van der Waals surface area contributed by atoms with E-state index < -0.39 is 17.5 Å². The van der Waals surface area contributed by atoms with Crippen molar-refractivity contribution in [2.24, 2.45) is 5.92 Å². The van der Waals surface area contributed by atoms with E-state index in [1.165, 1.54) is 0 Å². The molecular weight excluding hydrogens is 170 g/mol. The van der Waals surface area contributed by atoms with Crippen LogP contribution in [0.1, 0.15) is 19.3 Å². The third-order valence-corrected chi connectivity index (χ3v) is 2.44. The molecule has 0 radical (unpaired) electrons. The fourth-order valence-electron chi connectivity index (χ4n) is 1.75. The number of Topliss-reactive ketones (excluding diaryl/α,β-unsaturated/α-hetero) is 2. The average Bonchev–Trinajstić information content (AvgIpc) is 2.15. The zero-order chi connectivity index (χ0) is 9.42. The Kier molecular flexibility index (Phi) is 1.76. The van der Waals surface area contributed by atoms with Crippen LogP contribution in [0.4, 0.5) is 0 Å². The number of fused-ring (bicyclic) bond motifs is 1. The third-order valence-electron chi connectivity index (χ3n) is 2.44. The van der Waals surface area contributed by atoms with Crippen LogP contribution >= 0.6 is 0 Å². The number of ketones is 2. The third kappa shape index (κ3) is 1.18. The van der Waals surface area contributed by atoms with E-state index in [0.29, 0.717) is 12.1 Å². The summed E-state index contributed by atoms with van der Waals surface area (Å²) in [4.78, 5) is 33.2. The van der Waals surface area contributed by atoms with Gasteiger partial charge in [0.2, 0.25) is 5.78 Å². The second-order valence-electron chi connectivity index (χ2n) is 3.29. The first-order chi connectivity index (χ1) is 6.20. The van der Waals surface area contributed by atoms with Gasteiger partial charge in [0.25, 0.3) is 11.7 Å². The van der Waals surface area contributed by atoms with Crippen LogP contribution in [0.3, 0.4) is 0 Å². The Balaban J connectivity index is 2.35. The second-order valence-corrected chi connectivity index (χ2v) is 3.29. The fraction of sp³-hybridized carbons (Fsp3) is 0.444. The molecule has 1 N–H and O–H groups in total. The molecule has 1 fully saturated rings. The number of allylic oxidation sites excluding steroid dienone is 2. The summed E-state index contributed by atoms with van der Waals surface area (Å²) >= 11 is 0. The minimum Gasteiger partial charge on any atom is -0.322 e. The molecule has 1 aliphatic heterocycles. The summed E-state index contributed by atoms with van der Waals surface area (Å²) in [7, 11) is 0. The van der Waals surface area contributed by atoms with Crippen molar-refractivity contribution in [3.8, 4) is 0 Å². The van der Waals surface area contributed by atoms with Gasteiger partial charge in [-0.25, -0.2) is 0 Å². The molecule has 0 spiro atoms. The lowest BCUT2D eigenvalue weighted by Gasteiger charge is -2.26. The van der Waals surface area contributed by atoms with Gasteiger partial charge in [-0.3, -0.25) is 14.4 Å². The fourth-order valence-corrected chi connectivity index (χ4v) is 1.75. The van der Waals surface area contributed by atoms with Gasteiger partial charge in [0, 0.05) is 5.70 Å². The first-order valence-electron chi connectivity index (χ1n) is 4.29. The van der Waals surface area contributed by atoms with Crippen molar-refractivity contribution in [1.29, 1.82) is 0 Å². The topological polar surface area (TPSA) is 63.2 Å².